The van der Waals surface area contributed by atoms with Crippen molar-refractivity contribution >= 4 is 58.3 Å². The van der Waals surface area contributed by atoms with Gasteiger partial charge in [-0.3, -0.25) is 14.4 Å². The number of amides is 3. The van der Waals surface area contributed by atoms with Crippen LogP contribution in [0.4, 0.5) is 11.4 Å². The van der Waals surface area contributed by atoms with E-state index in [4.69, 9.17) is 27.9 Å². The zero-order valence-electron chi connectivity index (χ0n) is 18.1. The molecule has 1 saturated heterocycles. The Bertz CT molecular complexity index is 1270. The van der Waals surface area contributed by atoms with E-state index in [1.807, 2.05) is 6.92 Å². The number of esters is 1. The third kappa shape index (κ3) is 3.79. The van der Waals surface area contributed by atoms with Crippen LogP contribution in [0.5, 0.6) is 0 Å². The molecule has 0 spiro atoms. The summed E-state index contributed by atoms with van der Waals surface area (Å²) in [5.41, 5.74) is 1.92. The van der Waals surface area contributed by atoms with Crippen molar-refractivity contribution in [2.45, 2.75) is 13.3 Å². The lowest BCUT2D eigenvalue weighted by molar-refractivity contribution is -0.123. The maximum absolute atomic E-state index is 13.1. The van der Waals surface area contributed by atoms with Gasteiger partial charge in [0.15, 0.2) is 6.61 Å². The maximum Gasteiger partial charge on any atom is 0.338 e. The van der Waals surface area contributed by atoms with Crippen LogP contribution >= 0.6 is 23.2 Å². The van der Waals surface area contributed by atoms with Crippen LogP contribution in [0.1, 0.15) is 23.7 Å². The molecule has 4 atom stereocenters. The van der Waals surface area contributed by atoms with Gasteiger partial charge in [-0.2, -0.15) is 0 Å². The molecular formula is C25H20Cl2N2O5. The van der Waals surface area contributed by atoms with Gasteiger partial charge in [-0.05, 0) is 61.6 Å². The summed E-state index contributed by atoms with van der Waals surface area (Å²) < 4.78 is 5.11. The highest BCUT2D eigenvalue weighted by atomic mass is 35.5. The first-order valence-electron chi connectivity index (χ1n) is 10.8. The van der Waals surface area contributed by atoms with Crippen LogP contribution in [0.2, 0.25) is 10.0 Å². The highest BCUT2D eigenvalue weighted by Gasteiger charge is 2.60. The van der Waals surface area contributed by atoms with Crippen molar-refractivity contribution in [2.75, 3.05) is 16.8 Å². The number of carbonyl (C=O) groups is 4. The molecule has 0 radical (unpaired) electrons. The molecule has 2 fully saturated rings. The number of allylic oxidation sites excluding steroid dienone is 2. The fourth-order valence-corrected chi connectivity index (χ4v) is 5.63. The van der Waals surface area contributed by atoms with Gasteiger partial charge >= 0.3 is 5.97 Å². The zero-order chi connectivity index (χ0) is 24.1. The van der Waals surface area contributed by atoms with Gasteiger partial charge in [0.2, 0.25) is 11.8 Å². The number of benzene rings is 2. The third-order valence-corrected chi connectivity index (χ3v) is 7.32. The van der Waals surface area contributed by atoms with Gasteiger partial charge < -0.3 is 10.1 Å². The Labute approximate surface area is 205 Å². The highest BCUT2D eigenvalue weighted by molar-refractivity contribution is 6.35. The molecule has 1 saturated carbocycles. The number of nitrogens with zero attached hydrogens (tertiary/aromatic N) is 1. The summed E-state index contributed by atoms with van der Waals surface area (Å²) in [5.74, 6) is -2.27. The molecule has 3 amide bonds. The number of ether oxygens (including phenoxy) is 1. The molecule has 3 aliphatic rings. The number of nitrogens with one attached hydrogen (secondary N) is 1. The van der Waals surface area contributed by atoms with Crippen LogP contribution in [0, 0.1) is 23.7 Å². The van der Waals surface area contributed by atoms with E-state index in [0.717, 1.165) is 6.42 Å². The zero-order valence-corrected chi connectivity index (χ0v) is 19.6. The number of hydrogen-bond donors (Lipinski definition) is 1. The largest absolute Gasteiger partial charge is 0.452 e. The van der Waals surface area contributed by atoms with Crippen molar-refractivity contribution in [3.63, 3.8) is 0 Å². The number of rotatable bonds is 5. The van der Waals surface area contributed by atoms with E-state index >= 15 is 0 Å². The van der Waals surface area contributed by atoms with Gasteiger partial charge in [0, 0.05) is 5.02 Å². The average Bonchev–Trinajstić information content (AvgIpc) is 3.45. The van der Waals surface area contributed by atoms with Crippen LogP contribution in [0.15, 0.2) is 54.1 Å². The van der Waals surface area contributed by atoms with Crippen LogP contribution in [0.25, 0.3) is 0 Å². The molecule has 9 heteroatoms. The number of carbonyl (C=O) groups excluding carboxylic acids is 4. The molecule has 2 bridgehead atoms. The first kappa shape index (κ1) is 22.6. The monoisotopic (exact) mass is 498 g/mol. The van der Waals surface area contributed by atoms with Crippen molar-refractivity contribution in [3.05, 3.63) is 69.7 Å². The SMILES string of the molecule is CC1=C[C@H]2C[C@H]1[C@H]1C(=O)N(c3cccc(C(=O)OCC(=O)Nc4cc(Cl)ccc4Cl)c3)C(=O)[C@H]12. The van der Waals surface area contributed by atoms with Crippen molar-refractivity contribution in [1.29, 1.82) is 0 Å². The van der Waals surface area contributed by atoms with Crippen molar-refractivity contribution in [2.24, 2.45) is 23.7 Å². The Balaban J connectivity index is 1.26. The smallest absolute Gasteiger partial charge is 0.338 e. The number of halogens is 2. The lowest BCUT2D eigenvalue weighted by Gasteiger charge is -2.19. The van der Waals surface area contributed by atoms with Crippen molar-refractivity contribution in [3.8, 4) is 0 Å². The second kappa shape index (κ2) is 8.56. The predicted molar refractivity (Wildman–Crippen MR) is 127 cm³/mol. The molecular weight excluding hydrogens is 479 g/mol. The number of fused-ring (bicyclic) bond motifs is 5. The van der Waals surface area contributed by atoms with Crippen LogP contribution in [-0.2, 0) is 19.1 Å². The van der Waals surface area contributed by atoms with Gasteiger partial charge in [-0.15, -0.1) is 0 Å². The van der Waals surface area contributed by atoms with E-state index in [9.17, 15) is 19.2 Å². The minimum absolute atomic E-state index is 0.0936. The summed E-state index contributed by atoms with van der Waals surface area (Å²) in [6.07, 6.45) is 2.96. The van der Waals surface area contributed by atoms with Gasteiger partial charge in [-0.25, -0.2) is 9.69 Å². The Morgan fingerprint density at radius 2 is 1.85 bits per heavy atom. The first-order chi connectivity index (χ1) is 16.2. The molecule has 2 aliphatic carbocycles. The summed E-state index contributed by atoms with van der Waals surface area (Å²) in [6, 6.07) is 10.7. The standard InChI is InChI=1S/C25H20Cl2N2O5/c1-12-7-14-9-17(12)22-21(14)23(31)29(24(22)32)16-4-2-3-13(8-16)25(33)34-11-20(30)28-19-10-15(26)5-6-18(19)27/h2-8,10,14,17,21-22H,9,11H2,1H3,(H,28,30)/t14-,17+,21-,22+/m0/s1. The predicted octanol–water partition coefficient (Wildman–Crippen LogP) is 4.49. The Hall–Kier alpha value is -3.16. The van der Waals surface area contributed by atoms with E-state index < -0.39 is 18.5 Å². The second-order valence-corrected chi connectivity index (χ2v) is 9.62. The molecule has 1 heterocycles. The van der Waals surface area contributed by atoms with Crippen molar-refractivity contribution < 1.29 is 23.9 Å². The van der Waals surface area contributed by atoms with E-state index in [-0.39, 0.29) is 41.0 Å². The molecule has 5 rings (SSSR count). The summed E-state index contributed by atoms with van der Waals surface area (Å²) in [7, 11) is 0. The molecule has 1 aliphatic heterocycles. The number of imide groups is 1. The summed E-state index contributed by atoms with van der Waals surface area (Å²) in [4.78, 5) is 52.2. The number of anilines is 2. The average molecular weight is 499 g/mol. The topological polar surface area (TPSA) is 92.8 Å². The quantitative estimate of drug-likeness (QED) is 0.372. The molecule has 0 unspecified atom stereocenters. The van der Waals surface area contributed by atoms with Gasteiger partial charge in [0.25, 0.3) is 5.91 Å². The van der Waals surface area contributed by atoms with Crippen LogP contribution in [-0.4, -0.2) is 30.3 Å². The normalized spacial score (nSPS) is 24.8. The second-order valence-electron chi connectivity index (χ2n) is 8.78. The molecule has 0 aromatic heterocycles. The minimum Gasteiger partial charge on any atom is -0.452 e. The molecule has 7 nitrogen and oxygen atoms in total. The summed E-state index contributed by atoms with van der Waals surface area (Å²) in [6.45, 7) is 1.46. The Morgan fingerprint density at radius 3 is 2.65 bits per heavy atom. The van der Waals surface area contributed by atoms with Crippen LogP contribution < -0.4 is 10.2 Å². The molecule has 2 aromatic rings. The highest BCUT2D eigenvalue weighted by Crippen LogP contribution is 2.55. The summed E-state index contributed by atoms with van der Waals surface area (Å²) in [5, 5.41) is 3.21. The Morgan fingerprint density at radius 1 is 1.09 bits per heavy atom. The fraction of sp³-hybridized carbons (Fsp3) is 0.280. The summed E-state index contributed by atoms with van der Waals surface area (Å²) >= 11 is 11.9. The Kier molecular flexibility index (Phi) is 5.70. The van der Waals surface area contributed by atoms with E-state index in [1.165, 1.54) is 34.7 Å². The van der Waals surface area contributed by atoms with Crippen molar-refractivity contribution in [1.82, 2.24) is 0 Å². The molecule has 34 heavy (non-hydrogen) atoms. The van der Waals surface area contributed by atoms with Gasteiger partial charge in [-0.1, -0.05) is 40.9 Å². The van der Waals surface area contributed by atoms with Gasteiger partial charge in [0.05, 0.1) is 33.8 Å². The minimum atomic E-state index is -0.758. The maximum atomic E-state index is 13.1. The molecule has 174 valence electrons. The first-order valence-corrected chi connectivity index (χ1v) is 11.6. The molecule has 2 aromatic carbocycles. The number of hydrogen-bond acceptors (Lipinski definition) is 5. The van der Waals surface area contributed by atoms with Gasteiger partial charge in [0.1, 0.15) is 0 Å². The fourth-order valence-electron chi connectivity index (χ4n) is 5.29. The van der Waals surface area contributed by atoms with E-state index in [2.05, 4.69) is 11.4 Å². The lowest BCUT2D eigenvalue weighted by Crippen LogP contribution is -2.33. The molecule has 1 N–H and O–H groups in total. The third-order valence-electron chi connectivity index (χ3n) is 6.76. The lowest BCUT2D eigenvalue weighted by atomic mass is 9.82. The van der Waals surface area contributed by atoms with E-state index in [0.29, 0.717) is 21.4 Å². The van der Waals surface area contributed by atoms with E-state index in [1.54, 1.807) is 18.2 Å². The van der Waals surface area contributed by atoms with Crippen LogP contribution in [0.3, 0.4) is 0 Å².